The smallest absolute Gasteiger partial charge is 0.0462 e. The van der Waals surface area contributed by atoms with E-state index in [9.17, 15) is 0 Å². The third-order valence-electron chi connectivity index (χ3n) is 11.4. The van der Waals surface area contributed by atoms with Gasteiger partial charge < -0.3 is 4.90 Å². The molecular formula is C54H35N. The highest BCUT2D eigenvalue weighted by Crippen LogP contribution is 2.43. The average molecular weight is 698 g/mol. The van der Waals surface area contributed by atoms with Crippen LogP contribution in [0.2, 0.25) is 0 Å². The van der Waals surface area contributed by atoms with Crippen molar-refractivity contribution in [2.24, 2.45) is 0 Å². The Balaban J connectivity index is 1.03. The van der Waals surface area contributed by atoms with E-state index in [-0.39, 0.29) is 0 Å². The fraction of sp³-hybridized carbons (Fsp3) is 0. The number of fused-ring (bicyclic) bond motifs is 12. The van der Waals surface area contributed by atoms with E-state index in [4.69, 9.17) is 0 Å². The SMILES string of the molecule is c1ccc(N(c2ccc(-c3cccc4c5ccccc5c5ccccc5c34)cc2)c2ccc(-c3cccc4c5ccccc5c5ccccc5c34)cc2)cc1. The van der Waals surface area contributed by atoms with E-state index in [1.54, 1.807) is 0 Å². The molecule has 0 fully saturated rings. The van der Waals surface area contributed by atoms with Gasteiger partial charge in [-0.05, 0) is 123 Å². The number of benzene rings is 11. The molecule has 0 amide bonds. The molecule has 256 valence electrons. The lowest BCUT2D eigenvalue weighted by atomic mass is 9.89. The van der Waals surface area contributed by atoms with E-state index in [1.165, 1.54) is 86.9 Å². The second-order valence-corrected chi connectivity index (χ2v) is 14.4. The average Bonchev–Trinajstić information content (AvgIpc) is 3.27. The van der Waals surface area contributed by atoms with Gasteiger partial charge in [-0.25, -0.2) is 0 Å². The maximum Gasteiger partial charge on any atom is 0.0462 e. The topological polar surface area (TPSA) is 3.24 Å². The molecule has 0 aliphatic rings. The summed E-state index contributed by atoms with van der Waals surface area (Å²) in [6, 6.07) is 77.6. The molecule has 0 aliphatic heterocycles. The van der Waals surface area contributed by atoms with Crippen LogP contribution < -0.4 is 4.90 Å². The summed E-state index contributed by atoms with van der Waals surface area (Å²) in [4.78, 5) is 2.35. The Hall–Kier alpha value is -7.22. The van der Waals surface area contributed by atoms with Gasteiger partial charge in [-0.15, -0.1) is 0 Å². The molecule has 55 heavy (non-hydrogen) atoms. The molecule has 0 bridgehead atoms. The van der Waals surface area contributed by atoms with E-state index in [0.717, 1.165) is 17.1 Å². The predicted molar refractivity (Wildman–Crippen MR) is 237 cm³/mol. The van der Waals surface area contributed by atoms with Gasteiger partial charge in [-0.3, -0.25) is 0 Å². The Morgan fingerprint density at radius 3 is 0.836 bits per heavy atom. The largest absolute Gasteiger partial charge is 0.311 e. The molecule has 0 aromatic heterocycles. The van der Waals surface area contributed by atoms with E-state index in [1.807, 2.05) is 0 Å². The van der Waals surface area contributed by atoms with Crippen LogP contribution in [-0.2, 0) is 0 Å². The minimum absolute atomic E-state index is 1.11. The first kappa shape index (κ1) is 31.3. The maximum absolute atomic E-state index is 2.35. The molecule has 0 N–H and O–H groups in total. The van der Waals surface area contributed by atoms with Gasteiger partial charge in [0.15, 0.2) is 0 Å². The fourth-order valence-corrected chi connectivity index (χ4v) is 9.00. The Morgan fingerprint density at radius 1 is 0.200 bits per heavy atom. The summed E-state index contributed by atoms with van der Waals surface area (Å²) in [5.41, 5.74) is 8.24. The summed E-state index contributed by atoms with van der Waals surface area (Å²) in [7, 11) is 0. The van der Waals surface area contributed by atoms with Gasteiger partial charge in [0, 0.05) is 17.1 Å². The van der Waals surface area contributed by atoms with Crippen molar-refractivity contribution in [1.29, 1.82) is 0 Å². The second-order valence-electron chi connectivity index (χ2n) is 14.4. The fourth-order valence-electron chi connectivity index (χ4n) is 9.00. The van der Waals surface area contributed by atoms with Crippen molar-refractivity contribution in [3.05, 3.63) is 212 Å². The van der Waals surface area contributed by atoms with Gasteiger partial charge >= 0.3 is 0 Å². The number of hydrogen-bond acceptors (Lipinski definition) is 1. The third-order valence-corrected chi connectivity index (χ3v) is 11.4. The van der Waals surface area contributed by atoms with E-state index in [2.05, 4.69) is 217 Å². The van der Waals surface area contributed by atoms with Gasteiger partial charge in [-0.2, -0.15) is 0 Å². The van der Waals surface area contributed by atoms with E-state index >= 15 is 0 Å². The van der Waals surface area contributed by atoms with Crippen molar-refractivity contribution < 1.29 is 0 Å². The number of para-hydroxylation sites is 1. The number of hydrogen-bond donors (Lipinski definition) is 0. The summed E-state index contributed by atoms with van der Waals surface area (Å²) in [6.45, 7) is 0. The number of nitrogens with zero attached hydrogens (tertiary/aromatic N) is 1. The highest BCUT2D eigenvalue weighted by Gasteiger charge is 2.17. The zero-order valence-corrected chi connectivity index (χ0v) is 30.2. The van der Waals surface area contributed by atoms with Crippen LogP contribution in [0.3, 0.4) is 0 Å². The molecule has 11 rings (SSSR count). The standard InChI is InChI=1S/C54H35N/c1-2-14-38(15-3-1)55(39-32-28-36(29-33-39)41-24-12-26-51-47-18-6-4-16-43(47)45-20-8-10-22-49(45)53(41)51)40-34-30-37(31-35-40)42-25-13-27-52-48-19-7-5-17-44(48)46-21-9-11-23-50(46)54(42)52/h1-35H. The second kappa shape index (κ2) is 12.7. The Labute approximate surface area is 320 Å². The zero-order valence-electron chi connectivity index (χ0n) is 30.2. The van der Waals surface area contributed by atoms with Crippen LogP contribution in [0.15, 0.2) is 212 Å². The van der Waals surface area contributed by atoms with Gasteiger partial charge in [0.25, 0.3) is 0 Å². The lowest BCUT2D eigenvalue weighted by molar-refractivity contribution is 1.28. The van der Waals surface area contributed by atoms with Crippen LogP contribution in [-0.4, -0.2) is 0 Å². The van der Waals surface area contributed by atoms with E-state index < -0.39 is 0 Å². The molecule has 1 nitrogen and oxygen atoms in total. The molecule has 0 heterocycles. The summed E-state index contributed by atoms with van der Waals surface area (Å²) < 4.78 is 0. The number of anilines is 3. The Bertz CT molecular complexity index is 2940. The normalized spacial score (nSPS) is 11.6. The maximum atomic E-state index is 2.35. The summed E-state index contributed by atoms with van der Waals surface area (Å²) in [5, 5.41) is 15.5. The van der Waals surface area contributed by atoms with Crippen LogP contribution in [0.5, 0.6) is 0 Å². The van der Waals surface area contributed by atoms with Gasteiger partial charge in [0.2, 0.25) is 0 Å². The van der Waals surface area contributed by atoms with Crippen molar-refractivity contribution in [3.8, 4) is 22.3 Å². The van der Waals surface area contributed by atoms with Gasteiger partial charge in [0.05, 0.1) is 0 Å². The van der Waals surface area contributed by atoms with Crippen LogP contribution in [0, 0.1) is 0 Å². The molecule has 0 radical (unpaired) electrons. The molecule has 11 aromatic carbocycles. The zero-order chi connectivity index (χ0) is 36.3. The molecule has 0 atom stereocenters. The number of rotatable bonds is 5. The van der Waals surface area contributed by atoms with Crippen LogP contribution in [0.1, 0.15) is 0 Å². The van der Waals surface area contributed by atoms with Crippen molar-refractivity contribution in [2.75, 3.05) is 4.90 Å². The monoisotopic (exact) mass is 697 g/mol. The molecule has 0 saturated heterocycles. The molecule has 0 saturated carbocycles. The molecular weight excluding hydrogens is 663 g/mol. The Morgan fingerprint density at radius 2 is 0.473 bits per heavy atom. The summed E-state index contributed by atoms with van der Waals surface area (Å²) >= 11 is 0. The van der Waals surface area contributed by atoms with Crippen molar-refractivity contribution >= 4 is 81.7 Å². The first-order valence-corrected chi connectivity index (χ1v) is 19.0. The minimum Gasteiger partial charge on any atom is -0.311 e. The van der Waals surface area contributed by atoms with Crippen molar-refractivity contribution in [1.82, 2.24) is 0 Å². The highest BCUT2D eigenvalue weighted by molar-refractivity contribution is 6.29. The Kier molecular flexibility index (Phi) is 7.25. The first-order chi connectivity index (χ1) is 27.3. The molecule has 1 heteroatoms. The van der Waals surface area contributed by atoms with Crippen LogP contribution in [0.25, 0.3) is 86.9 Å². The lowest BCUT2D eigenvalue weighted by Gasteiger charge is -2.26. The quantitative estimate of drug-likeness (QED) is 0.162. The first-order valence-electron chi connectivity index (χ1n) is 19.0. The molecule has 11 aromatic rings. The summed E-state index contributed by atoms with van der Waals surface area (Å²) in [6.07, 6.45) is 0. The lowest BCUT2D eigenvalue weighted by Crippen LogP contribution is -2.09. The molecule has 0 aliphatic carbocycles. The third kappa shape index (κ3) is 5.01. The highest BCUT2D eigenvalue weighted by atomic mass is 15.1. The van der Waals surface area contributed by atoms with Crippen LogP contribution >= 0.6 is 0 Å². The minimum atomic E-state index is 1.11. The van der Waals surface area contributed by atoms with Gasteiger partial charge in [-0.1, -0.05) is 176 Å². The molecule has 0 unspecified atom stereocenters. The molecule has 0 spiro atoms. The van der Waals surface area contributed by atoms with E-state index in [0.29, 0.717) is 0 Å². The predicted octanol–water partition coefficient (Wildman–Crippen LogP) is 15.4. The van der Waals surface area contributed by atoms with Crippen molar-refractivity contribution in [3.63, 3.8) is 0 Å². The van der Waals surface area contributed by atoms with Gasteiger partial charge in [0.1, 0.15) is 0 Å². The van der Waals surface area contributed by atoms with Crippen LogP contribution in [0.4, 0.5) is 17.1 Å². The van der Waals surface area contributed by atoms with Crippen molar-refractivity contribution in [2.45, 2.75) is 0 Å². The summed E-state index contributed by atoms with van der Waals surface area (Å²) in [5.74, 6) is 0.